The number of carbonyl (C=O) groups excluding carboxylic acids is 3. The van der Waals surface area contributed by atoms with E-state index in [9.17, 15) is 19.5 Å². The molecule has 1 spiro atoms. The van der Waals surface area contributed by atoms with Gasteiger partial charge in [0.05, 0.1) is 29.2 Å². The molecule has 2 amide bonds. The number of hydrogen-bond acceptors (Lipinski definition) is 6. The zero-order chi connectivity index (χ0) is 26.2. The molecule has 7 nitrogen and oxygen atoms in total. The van der Waals surface area contributed by atoms with Gasteiger partial charge in [-0.25, -0.2) is 0 Å². The predicted octanol–water partition coefficient (Wildman–Crippen LogP) is 3.21. The Morgan fingerprint density at radius 3 is 2.56 bits per heavy atom. The van der Waals surface area contributed by atoms with Crippen LogP contribution in [0.2, 0.25) is 0 Å². The van der Waals surface area contributed by atoms with Crippen LogP contribution in [-0.4, -0.2) is 74.5 Å². The van der Waals surface area contributed by atoms with Crippen LogP contribution in [0.4, 0.5) is 0 Å². The normalized spacial score (nSPS) is 31.3. The van der Waals surface area contributed by atoms with E-state index in [0.29, 0.717) is 6.54 Å². The number of carbonyl (C=O) groups is 3. The Bertz CT molecular complexity index is 1030. The van der Waals surface area contributed by atoms with Gasteiger partial charge in [0.2, 0.25) is 11.8 Å². The fourth-order valence-electron chi connectivity index (χ4n) is 6.46. The molecule has 1 aromatic rings. The van der Waals surface area contributed by atoms with E-state index in [4.69, 9.17) is 4.74 Å². The summed E-state index contributed by atoms with van der Waals surface area (Å²) in [5, 5.41) is 10.5. The molecule has 0 saturated carbocycles. The summed E-state index contributed by atoms with van der Waals surface area (Å²) in [6.45, 7) is 13.5. The third-order valence-electron chi connectivity index (χ3n) is 7.96. The number of nitrogens with zero attached hydrogens (tertiary/aromatic N) is 2. The molecule has 3 fully saturated rings. The van der Waals surface area contributed by atoms with E-state index in [0.717, 1.165) is 12.0 Å². The lowest BCUT2D eigenvalue weighted by molar-refractivity contribution is -0.154. The molecule has 4 rings (SSSR count). The average molecular weight is 513 g/mol. The Labute approximate surface area is 217 Å². The lowest BCUT2D eigenvalue weighted by Gasteiger charge is -2.42. The topological polar surface area (TPSA) is 87.2 Å². The lowest BCUT2D eigenvalue weighted by atomic mass is 9.66. The van der Waals surface area contributed by atoms with Crippen LogP contribution in [0.5, 0.6) is 0 Å². The molecule has 0 aliphatic carbocycles. The molecule has 0 radical (unpaired) electrons. The van der Waals surface area contributed by atoms with Crippen molar-refractivity contribution in [3.05, 3.63) is 61.2 Å². The summed E-state index contributed by atoms with van der Waals surface area (Å²) in [7, 11) is 0. The highest BCUT2D eigenvalue weighted by Crippen LogP contribution is 2.69. The number of amides is 2. The van der Waals surface area contributed by atoms with E-state index in [1.165, 1.54) is 6.08 Å². The molecule has 194 valence electrons. The van der Waals surface area contributed by atoms with Gasteiger partial charge in [-0.15, -0.1) is 18.3 Å². The predicted molar refractivity (Wildman–Crippen MR) is 140 cm³/mol. The highest BCUT2D eigenvalue weighted by Gasteiger charge is 2.77. The SMILES string of the molecule is C=CCOC(=O)[C@@H]1[C@@H]2CC(C)C3(S2)C(C(=O)N(CC=C)C(C)C)N([C@H](CO)c2ccccc2)C(=O)[C@H]13. The fraction of sp³-hybridized carbons (Fsp3) is 0.536. The Hall–Kier alpha value is -2.58. The van der Waals surface area contributed by atoms with Crippen molar-refractivity contribution in [2.45, 2.75) is 55.3 Å². The van der Waals surface area contributed by atoms with Crippen molar-refractivity contribution in [3.8, 4) is 0 Å². The van der Waals surface area contributed by atoms with Crippen LogP contribution >= 0.6 is 11.8 Å². The van der Waals surface area contributed by atoms with Crippen molar-refractivity contribution in [2.75, 3.05) is 19.8 Å². The van der Waals surface area contributed by atoms with Gasteiger partial charge in [0.25, 0.3) is 0 Å². The van der Waals surface area contributed by atoms with Gasteiger partial charge in [-0.2, -0.15) is 0 Å². The zero-order valence-corrected chi connectivity index (χ0v) is 22.0. The summed E-state index contributed by atoms with van der Waals surface area (Å²) in [5.41, 5.74) is 0.750. The van der Waals surface area contributed by atoms with E-state index in [1.807, 2.05) is 44.2 Å². The second kappa shape index (κ2) is 10.4. The van der Waals surface area contributed by atoms with Crippen LogP contribution in [0.1, 0.15) is 38.8 Å². The maximum absolute atomic E-state index is 14.4. The number of aliphatic hydroxyl groups excluding tert-OH is 1. The van der Waals surface area contributed by atoms with E-state index < -0.39 is 34.6 Å². The third-order valence-corrected chi connectivity index (χ3v) is 10.0. The Balaban J connectivity index is 1.86. The second-order valence-corrected chi connectivity index (χ2v) is 11.7. The lowest BCUT2D eigenvalue weighted by Crippen LogP contribution is -2.58. The van der Waals surface area contributed by atoms with Crippen molar-refractivity contribution < 1.29 is 24.2 Å². The van der Waals surface area contributed by atoms with E-state index >= 15 is 0 Å². The van der Waals surface area contributed by atoms with Crippen molar-refractivity contribution in [2.24, 2.45) is 17.8 Å². The molecular weight excluding hydrogens is 476 g/mol. The smallest absolute Gasteiger partial charge is 0.311 e. The van der Waals surface area contributed by atoms with Crippen molar-refractivity contribution in [1.82, 2.24) is 9.80 Å². The number of fused-ring (bicyclic) bond motifs is 1. The Morgan fingerprint density at radius 1 is 1.28 bits per heavy atom. The van der Waals surface area contributed by atoms with E-state index in [1.54, 1.807) is 27.6 Å². The molecule has 3 saturated heterocycles. The standard InChI is InChI=1S/C28H36N2O5S/c1-6-13-29(17(3)4)26(33)24-28-18(5)15-21(36-28)22(27(34)35-14-7-2)23(28)25(32)30(24)20(16-31)19-11-9-8-10-12-19/h6-12,17-18,20-24,31H,1-2,13-16H2,3-5H3/t18?,20-,21+,22-,23+,24?,28?/m1/s1. The van der Waals surface area contributed by atoms with Gasteiger partial charge in [-0.3, -0.25) is 14.4 Å². The molecule has 36 heavy (non-hydrogen) atoms. The number of hydrogen-bond donors (Lipinski definition) is 1. The minimum atomic E-state index is -0.822. The molecule has 8 heteroatoms. The number of thioether (sulfide) groups is 1. The van der Waals surface area contributed by atoms with Crippen molar-refractivity contribution >= 4 is 29.5 Å². The zero-order valence-electron chi connectivity index (χ0n) is 21.2. The first kappa shape index (κ1) is 26.5. The molecule has 3 aliphatic heterocycles. The monoisotopic (exact) mass is 512 g/mol. The minimum absolute atomic E-state index is 0.0247. The molecule has 3 aliphatic rings. The van der Waals surface area contributed by atoms with Crippen LogP contribution in [0, 0.1) is 17.8 Å². The highest BCUT2D eigenvalue weighted by atomic mass is 32.2. The minimum Gasteiger partial charge on any atom is -0.461 e. The molecule has 3 heterocycles. The van der Waals surface area contributed by atoms with Crippen LogP contribution in [0.15, 0.2) is 55.6 Å². The molecule has 2 bridgehead atoms. The summed E-state index contributed by atoms with van der Waals surface area (Å²) < 4.78 is 4.66. The number of aliphatic hydroxyl groups is 1. The van der Waals surface area contributed by atoms with Gasteiger partial charge >= 0.3 is 5.97 Å². The molecule has 1 N–H and O–H groups in total. The largest absolute Gasteiger partial charge is 0.461 e. The summed E-state index contributed by atoms with van der Waals surface area (Å²) in [6, 6.07) is 7.65. The van der Waals surface area contributed by atoms with Gasteiger partial charge in [-0.1, -0.05) is 56.0 Å². The first-order valence-electron chi connectivity index (χ1n) is 12.6. The van der Waals surface area contributed by atoms with Gasteiger partial charge in [0.15, 0.2) is 0 Å². The fourth-order valence-corrected chi connectivity index (χ4v) is 8.85. The summed E-state index contributed by atoms with van der Waals surface area (Å²) in [5.74, 6) is -2.16. The van der Waals surface area contributed by atoms with Crippen LogP contribution in [0.3, 0.4) is 0 Å². The Kier molecular flexibility index (Phi) is 7.67. The van der Waals surface area contributed by atoms with Gasteiger partial charge < -0.3 is 19.6 Å². The van der Waals surface area contributed by atoms with Gasteiger partial charge in [-0.05, 0) is 31.7 Å². The van der Waals surface area contributed by atoms with Crippen LogP contribution in [-0.2, 0) is 19.1 Å². The third kappa shape index (κ3) is 3.98. The highest BCUT2D eigenvalue weighted by molar-refractivity contribution is 8.02. The number of benzene rings is 1. The molecule has 3 unspecified atom stereocenters. The second-order valence-electron chi connectivity index (χ2n) is 10.2. The number of ether oxygens (including phenoxy) is 1. The number of esters is 1. The first-order valence-corrected chi connectivity index (χ1v) is 13.5. The van der Waals surface area contributed by atoms with Crippen molar-refractivity contribution in [1.29, 1.82) is 0 Å². The van der Waals surface area contributed by atoms with Crippen LogP contribution in [0.25, 0.3) is 0 Å². The quantitative estimate of drug-likeness (QED) is 0.383. The maximum Gasteiger partial charge on any atom is 0.311 e. The first-order chi connectivity index (χ1) is 17.2. The van der Waals surface area contributed by atoms with E-state index in [2.05, 4.69) is 20.1 Å². The van der Waals surface area contributed by atoms with Crippen molar-refractivity contribution in [3.63, 3.8) is 0 Å². The van der Waals surface area contributed by atoms with Crippen LogP contribution < -0.4 is 0 Å². The molecule has 7 atom stereocenters. The molecule has 1 aromatic carbocycles. The number of rotatable bonds is 10. The molecular formula is C28H36N2O5S. The van der Waals surface area contributed by atoms with E-state index in [-0.39, 0.29) is 42.2 Å². The molecule has 0 aromatic heterocycles. The average Bonchev–Trinajstić information content (AvgIpc) is 3.46. The summed E-state index contributed by atoms with van der Waals surface area (Å²) >= 11 is 1.60. The summed E-state index contributed by atoms with van der Waals surface area (Å²) in [4.78, 5) is 45.2. The summed E-state index contributed by atoms with van der Waals surface area (Å²) in [6.07, 6.45) is 3.92. The maximum atomic E-state index is 14.4. The Morgan fingerprint density at radius 2 is 1.97 bits per heavy atom. The van der Waals surface area contributed by atoms with Gasteiger partial charge in [0.1, 0.15) is 12.6 Å². The van der Waals surface area contributed by atoms with Gasteiger partial charge in [0, 0.05) is 17.8 Å². The number of likely N-dealkylation sites (tertiary alicyclic amines) is 1.